The van der Waals surface area contributed by atoms with E-state index in [-0.39, 0.29) is 0 Å². The van der Waals surface area contributed by atoms with E-state index in [1.54, 1.807) is 41.5 Å². The molecule has 0 radical (unpaired) electrons. The van der Waals surface area contributed by atoms with Crippen molar-refractivity contribution < 1.29 is 9.18 Å². The molecule has 0 aliphatic heterocycles. The molecule has 1 heterocycles. The summed E-state index contributed by atoms with van der Waals surface area (Å²) in [4.78, 5) is 14.2. The number of alkyl halides is 1. The molecule has 0 spiro atoms. The topological polar surface area (TPSA) is 46.9 Å². The molecule has 0 saturated carbocycles. The van der Waals surface area contributed by atoms with Crippen LogP contribution in [-0.4, -0.2) is 16.0 Å². The van der Waals surface area contributed by atoms with Crippen LogP contribution < -0.4 is 5.32 Å². The maximum absolute atomic E-state index is 12.8. The SMILES string of the molecule is O=CNc1ccc(-n2ccnc2)c(CF)c1. The van der Waals surface area contributed by atoms with Crippen LogP contribution in [0.3, 0.4) is 0 Å². The number of carbonyl (C=O) groups is 1. The van der Waals surface area contributed by atoms with Gasteiger partial charge in [-0.05, 0) is 18.2 Å². The summed E-state index contributed by atoms with van der Waals surface area (Å²) in [5.41, 5.74) is 1.80. The van der Waals surface area contributed by atoms with E-state index in [4.69, 9.17) is 0 Å². The lowest BCUT2D eigenvalue weighted by Crippen LogP contribution is -1.99. The highest BCUT2D eigenvalue weighted by Crippen LogP contribution is 2.20. The van der Waals surface area contributed by atoms with Crippen LogP contribution in [-0.2, 0) is 11.5 Å². The molecule has 0 aliphatic rings. The summed E-state index contributed by atoms with van der Waals surface area (Å²) in [6, 6.07) is 5.05. The zero-order valence-corrected chi connectivity index (χ0v) is 8.43. The molecule has 0 unspecified atom stereocenters. The number of carbonyl (C=O) groups excluding carboxylic acids is 1. The van der Waals surface area contributed by atoms with Crippen molar-refractivity contribution in [3.05, 3.63) is 42.5 Å². The van der Waals surface area contributed by atoms with Crippen molar-refractivity contribution in [3.63, 3.8) is 0 Å². The highest BCUT2D eigenvalue weighted by molar-refractivity contribution is 5.72. The lowest BCUT2D eigenvalue weighted by molar-refractivity contribution is -0.105. The van der Waals surface area contributed by atoms with Crippen LogP contribution in [0.15, 0.2) is 36.9 Å². The third-order valence-corrected chi connectivity index (χ3v) is 2.23. The Balaban J connectivity index is 2.43. The fourth-order valence-electron chi connectivity index (χ4n) is 1.50. The fraction of sp³-hybridized carbons (Fsp3) is 0.0909. The number of hydrogen-bond donors (Lipinski definition) is 1. The van der Waals surface area contributed by atoms with Crippen molar-refractivity contribution >= 4 is 12.1 Å². The molecule has 0 fully saturated rings. The van der Waals surface area contributed by atoms with Gasteiger partial charge in [-0.2, -0.15) is 0 Å². The molecule has 2 rings (SSSR count). The zero-order chi connectivity index (χ0) is 11.4. The van der Waals surface area contributed by atoms with E-state index in [0.717, 1.165) is 5.69 Å². The van der Waals surface area contributed by atoms with Crippen LogP contribution in [0.4, 0.5) is 10.1 Å². The molecule has 16 heavy (non-hydrogen) atoms. The van der Waals surface area contributed by atoms with E-state index in [1.165, 1.54) is 0 Å². The summed E-state index contributed by atoms with van der Waals surface area (Å²) in [6.07, 6.45) is 5.52. The number of hydrogen-bond acceptors (Lipinski definition) is 2. The molecule has 2 aromatic rings. The van der Waals surface area contributed by atoms with Crippen LogP contribution >= 0.6 is 0 Å². The molecule has 1 aromatic heterocycles. The molecule has 5 heteroatoms. The Bertz CT molecular complexity index is 482. The molecule has 1 aromatic carbocycles. The number of benzene rings is 1. The van der Waals surface area contributed by atoms with Crippen molar-refractivity contribution in [1.82, 2.24) is 9.55 Å². The number of rotatable bonds is 4. The fourth-order valence-corrected chi connectivity index (χ4v) is 1.50. The highest BCUT2D eigenvalue weighted by atomic mass is 19.1. The van der Waals surface area contributed by atoms with Gasteiger partial charge in [0.15, 0.2) is 0 Å². The first-order valence-electron chi connectivity index (χ1n) is 4.72. The van der Waals surface area contributed by atoms with Crippen LogP contribution in [0.5, 0.6) is 0 Å². The predicted molar refractivity (Wildman–Crippen MR) is 58.1 cm³/mol. The Labute approximate surface area is 91.7 Å². The average molecular weight is 219 g/mol. The van der Waals surface area contributed by atoms with E-state index < -0.39 is 6.67 Å². The van der Waals surface area contributed by atoms with Crippen LogP contribution in [0.1, 0.15) is 5.56 Å². The molecule has 0 atom stereocenters. The van der Waals surface area contributed by atoms with Crippen molar-refractivity contribution in [1.29, 1.82) is 0 Å². The summed E-state index contributed by atoms with van der Waals surface area (Å²) in [6.45, 7) is -0.595. The highest BCUT2D eigenvalue weighted by Gasteiger charge is 2.05. The lowest BCUT2D eigenvalue weighted by atomic mass is 10.1. The lowest BCUT2D eigenvalue weighted by Gasteiger charge is -2.09. The van der Waals surface area contributed by atoms with Gasteiger partial charge in [0.05, 0.1) is 12.0 Å². The second-order valence-electron chi connectivity index (χ2n) is 3.21. The quantitative estimate of drug-likeness (QED) is 0.798. The standard InChI is InChI=1S/C11H10FN3O/c12-6-9-5-10(14-8-16)1-2-11(9)15-4-3-13-7-15/h1-5,7-8H,6H2,(H,14,16). The van der Waals surface area contributed by atoms with Gasteiger partial charge in [-0.1, -0.05) is 0 Å². The zero-order valence-electron chi connectivity index (χ0n) is 8.43. The number of aromatic nitrogens is 2. The van der Waals surface area contributed by atoms with E-state index >= 15 is 0 Å². The third kappa shape index (κ3) is 1.93. The Hall–Kier alpha value is -2.17. The molecule has 0 bridgehead atoms. The first-order valence-corrected chi connectivity index (χ1v) is 4.72. The average Bonchev–Trinajstić information content (AvgIpc) is 2.83. The second-order valence-corrected chi connectivity index (χ2v) is 3.21. The Morgan fingerprint density at radius 1 is 1.50 bits per heavy atom. The van der Waals surface area contributed by atoms with Gasteiger partial charge in [0.25, 0.3) is 0 Å². The van der Waals surface area contributed by atoms with Gasteiger partial charge in [-0.25, -0.2) is 9.37 Å². The molecular weight excluding hydrogens is 209 g/mol. The summed E-state index contributed by atoms with van der Waals surface area (Å²) in [7, 11) is 0. The van der Waals surface area contributed by atoms with E-state index in [9.17, 15) is 9.18 Å². The van der Waals surface area contributed by atoms with Crippen LogP contribution in [0.2, 0.25) is 0 Å². The normalized spacial score (nSPS) is 10.1. The minimum atomic E-state index is -0.595. The van der Waals surface area contributed by atoms with Gasteiger partial charge in [0.2, 0.25) is 6.41 Å². The van der Waals surface area contributed by atoms with E-state index in [0.29, 0.717) is 17.7 Å². The molecular formula is C11H10FN3O. The monoisotopic (exact) mass is 219 g/mol. The number of amides is 1. The van der Waals surface area contributed by atoms with Gasteiger partial charge in [-0.3, -0.25) is 4.79 Å². The number of nitrogens with zero attached hydrogens (tertiary/aromatic N) is 2. The molecule has 1 amide bonds. The molecule has 4 nitrogen and oxygen atoms in total. The number of nitrogens with one attached hydrogen (secondary N) is 1. The number of anilines is 1. The van der Waals surface area contributed by atoms with Crippen LogP contribution in [0.25, 0.3) is 5.69 Å². The summed E-state index contributed by atoms with van der Waals surface area (Å²) in [5.74, 6) is 0. The molecule has 1 N–H and O–H groups in total. The third-order valence-electron chi connectivity index (χ3n) is 2.23. The summed E-state index contributed by atoms with van der Waals surface area (Å²) in [5, 5.41) is 2.48. The van der Waals surface area contributed by atoms with Crippen molar-refractivity contribution in [2.45, 2.75) is 6.67 Å². The van der Waals surface area contributed by atoms with Crippen LogP contribution in [0, 0.1) is 0 Å². The summed E-state index contributed by atoms with van der Waals surface area (Å²) >= 11 is 0. The summed E-state index contributed by atoms with van der Waals surface area (Å²) < 4.78 is 14.6. The van der Waals surface area contributed by atoms with Gasteiger partial charge in [0, 0.05) is 23.6 Å². The molecule has 82 valence electrons. The maximum atomic E-state index is 12.8. The molecule has 0 saturated heterocycles. The van der Waals surface area contributed by atoms with Crippen molar-refractivity contribution in [2.24, 2.45) is 0 Å². The largest absolute Gasteiger partial charge is 0.329 e. The van der Waals surface area contributed by atoms with Gasteiger partial charge < -0.3 is 9.88 Å². The molecule has 0 aliphatic carbocycles. The van der Waals surface area contributed by atoms with E-state index in [1.807, 2.05) is 0 Å². The smallest absolute Gasteiger partial charge is 0.211 e. The minimum Gasteiger partial charge on any atom is -0.329 e. The van der Waals surface area contributed by atoms with Gasteiger partial charge >= 0.3 is 0 Å². The first-order chi connectivity index (χ1) is 7.85. The predicted octanol–water partition coefficient (Wildman–Crippen LogP) is 1.91. The second kappa shape index (κ2) is 4.57. The Kier molecular flexibility index (Phi) is 2.95. The van der Waals surface area contributed by atoms with Crippen molar-refractivity contribution in [3.8, 4) is 5.69 Å². The van der Waals surface area contributed by atoms with Crippen molar-refractivity contribution in [2.75, 3.05) is 5.32 Å². The first kappa shape index (κ1) is 10.4. The van der Waals surface area contributed by atoms with Gasteiger partial charge in [-0.15, -0.1) is 0 Å². The Morgan fingerprint density at radius 2 is 2.38 bits per heavy atom. The number of halogens is 1. The Morgan fingerprint density at radius 3 is 3.00 bits per heavy atom. The number of imidazole rings is 1. The minimum absolute atomic E-state index is 0.504. The van der Waals surface area contributed by atoms with E-state index in [2.05, 4.69) is 10.3 Å². The van der Waals surface area contributed by atoms with Gasteiger partial charge in [0.1, 0.15) is 6.67 Å². The maximum Gasteiger partial charge on any atom is 0.211 e.